The summed E-state index contributed by atoms with van der Waals surface area (Å²) in [7, 11) is 0. The molecule has 3 aromatic carbocycles. The van der Waals surface area contributed by atoms with E-state index >= 15 is 0 Å². The summed E-state index contributed by atoms with van der Waals surface area (Å²) < 4.78 is 5.06. The molecule has 30 heavy (non-hydrogen) atoms. The molecule has 4 rings (SSSR count). The normalized spacial score (nSPS) is 10.8. The monoisotopic (exact) mass is 397 g/mol. The first-order valence-corrected chi connectivity index (χ1v) is 9.94. The minimum Gasteiger partial charge on any atom is -0.462 e. The molecule has 5 nitrogen and oxygen atoms in total. The number of ether oxygens (including phenoxy) is 1. The number of anilines is 2. The molecular weight excluding hydrogens is 374 g/mol. The van der Waals surface area contributed by atoms with Crippen LogP contribution in [0, 0.1) is 13.8 Å². The fourth-order valence-electron chi connectivity index (χ4n) is 3.39. The van der Waals surface area contributed by atoms with Gasteiger partial charge in [0.25, 0.3) is 0 Å². The van der Waals surface area contributed by atoms with Gasteiger partial charge in [-0.25, -0.2) is 4.79 Å². The van der Waals surface area contributed by atoms with Crippen LogP contribution in [-0.2, 0) is 4.74 Å². The minimum absolute atomic E-state index is 0.326. The van der Waals surface area contributed by atoms with Gasteiger partial charge in [-0.2, -0.15) is 0 Å². The number of carbonyl (C=O) groups excluding carboxylic acids is 1. The fourth-order valence-corrected chi connectivity index (χ4v) is 3.39. The first-order valence-electron chi connectivity index (χ1n) is 9.94. The maximum Gasteiger partial charge on any atom is 0.338 e. The lowest BCUT2D eigenvalue weighted by Gasteiger charge is -2.13. The van der Waals surface area contributed by atoms with E-state index in [2.05, 4.69) is 47.6 Å². The van der Waals surface area contributed by atoms with Crippen LogP contribution in [0.25, 0.3) is 22.0 Å². The maximum atomic E-state index is 11.9. The molecule has 0 fully saturated rings. The first-order chi connectivity index (χ1) is 14.6. The van der Waals surface area contributed by atoms with Crippen LogP contribution in [0.3, 0.4) is 0 Å². The lowest BCUT2D eigenvalue weighted by Crippen LogP contribution is -2.04. The van der Waals surface area contributed by atoms with Gasteiger partial charge in [0.05, 0.1) is 12.2 Å². The van der Waals surface area contributed by atoms with E-state index in [1.807, 2.05) is 36.4 Å². The Balaban J connectivity index is 1.74. The third-order valence-corrected chi connectivity index (χ3v) is 5.00. The smallest absolute Gasteiger partial charge is 0.338 e. The van der Waals surface area contributed by atoms with Crippen molar-refractivity contribution in [3.8, 4) is 11.3 Å². The maximum absolute atomic E-state index is 11.9. The van der Waals surface area contributed by atoms with Crippen molar-refractivity contribution >= 4 is 28.2 Å². The third-order valence-electron chi connectivity index (χ3n) is 5.00. The Bertz CT molecular complexity index is 1220. The number of benzene rings is 3. The summed E-state index contributed by atoms with van der Waals surface area (Å²) in [5, 5.41) is 14.4. The van der Waals surface area contributed by atoms with Gasteiger partial charge < -0.3 is 10.1 Å². The highest BCUT2D eigenvalue weighted by molar-refractivity contribution is 6.01. The first kappa shape index (κ1) is 19.6. The quantitative estimate of drug-likeness (QED) is 0.429. The molecule has 0 atom stereocenters. The molecule has 5 heteroatoms. The van der Waals surface area contributed by atoms with E-state index in [-0.39, 0.29) is 5.97 Å². The van der Waals surface area contributed by atoms with E-state index in [1.54, 1.807) is 19.1 Å². The molecule has 0 aliphatic carbocycles. The highest BCUT2D eigenvalue weighted by Crippen LogP contribution is 2.32. The molecule has 0 saturated carbocycles. The SMILES string of the molecule is CCOC(=O)c1ccc(-c2nnc(Nc3cc(C)ccc3C)c3ccccc23)cc1. The van der Waals surface area contributed by atoms with E-state index in [1.165, 1.54) is 5.56 Å². The molecule has 4 aromatic rings. The van der Waals surface area contributed by atoms with Crippen LogP contribution in [0.1, 0.15) is 28.4 Å². The molecular formula is C25H23N3O2. The van der Waals surface area contributed by atoms with Gasteiger partial charge in [-0.1, -0.05) is 48.5 Å². The third kappa shape index (κ3) is 3.87. The number of fused-ring (bicyclic) bond motifs is 1. The van der Waals surface area contributed by atoms with Gasteiger partial charge in [-0.15, -0.1) is 10.2 Å². The highest BCUT2D eigenvalue weighted by atomic mass is 16.5. The topological polar surface area (TPSA) is 64.1 Å². The Labute approximate surface area is 175 Å². The summed E-state index contributed by atoms with van der Waals surface area (Å²) in [6, 6.07) is 21.6. The number of aryl methyl sites for hydroxylation is 2. The number of nitrogens with one attached hydrogen (secondary N) is 1. The standard InChI is InChI=1S/C25H23N3O2/c1-4-30-25(29)19-13-11-18(12-14-19)23-20-7-5-6-8-21(20)24(28-27-23)26-22-15-16(2)9-10-17(22)3/h5-15H,4H2,1-3H3,(H,26,28). The molecule has 1 heterocycles. The summed E-state index contributed by atoms with van der Waals surface area (Å²) in [4.78, 5) is 11.9. The van der Waals surface area contributed by atoms with Crippen molar-refractivity contribution < 1.29 is 9.53 Å². The molecule has 0 unspecified atom stereocenters. The van der Waals surface area contributed by atoms with Gasteiger partial charge in [0, 0.05) is 22.0 Å². The zero-order valence-corrected chi connectivity index (χ0v) is 17.3. The second-order valence-electron chi connectivity index (χ2n) is 7.18. The van der Waals surface area contributed by atoms with Gasteiger partial charge >= 0.3 is 5.97 Å². The average Bonchev–Trinajstić information content (AvgIpc) is 2.77. The zero-order chi connectivity index (χ0) is 21.1. The van der Waals surface area contributed by atoms with Crippen LogP contribution in [-0.4, -0.2) is 22.8 Å². The molecule has 0 aliphatic heterocycles. The van der Waals surface area contributed by atoms with Crippen molar-refractivity contribution in [2.75, 3.05) is 11.9 Å². The minimum atomic E-state index is -0.326. The molecule has 1 N–H and O–H groups in total. The number of aromatic nitrogens is 2. The van der Waals surface area contributed by atoms with Crippen LogP contribution >= 0.6 is 0 Å². The number of nitrogens with zero attached hydrogens (tertiary/aromatic N) is 2. The Kier molecular flexibility index (Phi) is 5.44. The van der Waals surface area contributed by atoms with Crippen LogP contribution in [0.4, 0.5) is 11.5 Å². The number of hydrogen-bond acceptors (Lipinski definition) is 5. The van der Waals surface area contributed by atoms with Gasteiger partial charge in [-0.3, -0.25) is 0 Å². The van der Waals surface area contributed by atoms with Crippen molar-refractivity contribution in [2.45, 2.75) is 20.8 Å². The molecule has 0 aliphatic rings. The Morgan fingerprint density at radius 1 is 0.933 bits per heavy atom. The predicted octanol–water partition coefficient (Wildman–Crippen LogP) is 5.83. The Hall–Kier alpha value is -3.73. The summed E-state index contributed by atoms with van der Waals surface area (Å²) in [6.07, 6.45) is 0. The van der Waals surface area contributed by atoms with Crippen molar-refractivity contribution in [2.24, 2.45) is 0 Å². The van der Waals surface area contributed by atoms with Gasteiger partial charge in [0.15, 0.2) is 5.82 Å². The molecule has 0 bridgehead atoms. The summed E-state index contributed by atoms with van der Waals surface area (Å²) in [5.74, 6) is 0.388. The Morgan fingerprint density at radius 3 is 2.40 bits per heavy atom. The van der Waals surface area contributed by atoms with Crippen LogP contribution in [0.2, 0.25) is 0 Å². The van der Waals surface area contributed by atoms with E-state index < -0.39 is 0 Å². The second-order valence-corrected chi connectivity index (χ2v) is 7.18. The number of hydrogen-bond donors (Lipinski definition) is 1. The summed E-state index contributed by atoms with van der Waals surface area (Å²) in [6.45, 7) is 6.28. The van der Waals surface area contributed by atoms with Gasteiger partial charge in [0.2, 0.25) is 0 Å². The van der Waals surface area contributed by atoms with Crippen molar-refractivity contribution in [1.82, 2.24) is 10.2 Å². The Morgan fingerprint density at radius 2 is 1.67 bits per heavy atom. The van der Waals surface area contributed by atoms with E-state index in [0.717, 1.165) is 33.3 Å². The molecule has 0 saturated heterocycles. The van der Waals surface area contributed by atoms with Gasteiger partial charge in [-0.05, 0) is 50.1 Å². The van der Waals surface area contributed by atoms with Crippen molar-refractivity contribution in [3.05, 3.63) is 83.4 Å². The highest BCUT2D eigenvalue weighted by Gasteiger charge is 2.13. The fraction of sp³-hybridized carbons (Fsp3) is 0.160. The number of rotatable bonds is 5. The van der Waals surface area contributed by atoms with E-state index in [9.17, 15) is 4.79 Å². The van der Waals surface area contributed by atoms with E-state index in [0.29, 0.717) is 18.0 Å². The average molecular weight is 397 g/mol. The molecule has 0 amide bonds. The largest absolute Gasteiger partial charge is 0.462 e. The van der Waals surface area contributed by atoms with Crippen LogP contribution in [0.15, 0.2) is 66.7 Å². The lowest BCUT2D eigenvalue weighted by molar-refractivity contribution is 0.0526. The molecule has 1 aromatic heterocycles. The van der Waals surface area contributed by atoms with Crippen LogP contribution in [0.5, 0.6) is 0 Å². The number of esters is 1. The predicted molar refractivity (Wildman–Crippen MR) is 120 cm³/mol. The van der Waals surface area contributed by atoms with E-state index in [4.69, 9.17) is 4.74 Å². The van der Waals surface area contributed by atoms with Crippen molar-refractivity contribution in [3.63, 3.8) is 0 Å². The lowest BCUT2D eigenvalue weighted by atomic mass is 10.0. The summed E-state index contributed by atoms with van der Waals surface area (Å²) >= 11 is 0. The van der Waals surface area contributed by atoms with Crippen LogP contribution < -0.4 is 5.32 Å². The van der Waals surface area contributed by atoms with Crippen molar-refractivity contribution in [1.29, 1.82) is 0 Å². The molecule has 150 valence electrons. The second kappa shape index (κ2) is 8.33. The summed E-state index contributed by atoms with van der Waals surface area (Å²) in [5.41, 5.74) is 5.52. The molecule has 0 radical (unpaired) electrons. The number of carbonyl (C=O) groups is 1. The zero-order valence-electron chi connectivity index (χ0n) is 17.3. The molecule has 0 spiro atoms. The van der Waals surface area contributed by atoms with Gasteiger partial charge in [0.1, 0.15) is 5.69 Å².